The van der Waals surface area contributed by atoms with Gasteiger partial charge in [-0.1, -0.05) is 48.0 Å². The second kappa shape index (κ2) is 7.81. The third kappa shape index (κ3) is 3.24. The normalized spacial score (nSPS) is 27.7. The Morgan fingerprint density at radius 3 is 2.58 bits per heavy atom. The molecule has 0 saturated carbocycles. The van der Waals surface area contributed by atoms with Gasteiger partial charge in [0.1, 0.15) is 5.54 Å². The first-order chi connectivity index (χ1) is 15.8. The van der Waals surface area contributed by atoms with Gasteiger partial charge in [0.25, 0.3) is 0 Å². The third-order valence-corrected chi connectivity index (χ3v) is 7.10. The lowest BCUT2D eigenvalue weighted by Gasteiger charge is -2.29. The molecule has 0 aromatic heterocycles. The highest BCUT2D eigenvalue weighted by atomic mass is 16.4. The zero-order valence-electron chi connectivity index (χ0n) is 18.2. The Balaban J connectivity index is 1.53. The number of carbonyl (C=O) groups is 4. The molecule has 33 heavy (non-hydrogen) atoms. The molecule has 2 aromatic carbocycles. The molecule has 3 amide bonds. The molecule has 8 nitrogen and oxygen atoms in total. The van der Waals surface area contributed by atoms with Crippen LogP contribution >= 0.6 is 0 Å². The fraction of sp³-hybridized carbons (Fsp3) is 0.360. The summed E-state index contributed by atoms with van der Waals surface area (Å²) in [5.74, 6) is -3.78. The van der Waals surface area contributed by atoms with Crippen LogP contribution in [0.1, 0.15) is 29.5 Å². The van der Waals surface area contributed by atoms with Gasteiger partial charge in [-0.2, -0.15) is 0 Å². The zero-order chi connectivity index (χ0) is 23.3. The van der Waals surface area contributed by atoms with Crippen LogP contribution in [0.15, 0.2) is 48.5 Å². The van der Waals surface area contributed by atoms with Crippen molar-refractivity contribution >= 4 is 29.4 Å². The number of anilines is 1. The Morgan fingerprint density at radius 2 is 1.85 bits per heavy atom. The van der Waals surface area contributed by atoms with Crippen LogP contribution in [0.3, 0.4) is 0 Å². The van der Waals surface area contributed by atoms with Gasteiger partial charge in [-0.3, -0.25) is 29.4 Å². The molecule has 5 rings (SSSR count). The summed E-state index contributed by atoms with van der Waals surface area (Å²) in [4.78, 5) is 53.0. The second-order valence-electron chi connectivity index (χ2n) is 9.06. The van der Waals surface area contributed by atoms with Crippen molar-refractivity contribution in [2.24, 2.45) is 11.8 Å². The van der Waals surface area contributed by atoms with E-state index >= 15 is 0 Å². The van der Waals surface area contributed by atoms with Gasteiger partial charge < -0.3 is 10.4 Å². The number of hydrogen-bond donors (Lipinski definition) is 3. The van der Waals surface area contributed by atoms with Crippen molar-refractivity contribution in [3.05, 3.63) is 65.2 Å². The lowest BCUT2D eigenvalue weighted by Crippen LogP contribution is -2.53. The highest BCUT2D eigenvalue weighted by Crippen LogP contribution is 2.53. The van der Waals surface area contributed by atoms with Crippen molar-refractivity contribution in [2.45, 2.75) is 37.8 Å². The van der Waals surface area contributed by atoms with Crippen LogP contribution in [0.2, 0.25) is 0 Å². The van der Waals surface area contributed by atoms with Crippen LogP contribution in [-0.4, -0.2) is 46.3 Å². The number of benzene rings is 2. The Kier molecular flexibility index (Phi) is 5.05. The molecule has 0 radical (unpaired) electrons. The van der Waals surface area contributed by atoms with Gasteiger partial charge in [-0.25, -0.2) is 0 Å². The number of carboxylic acid groups (broad SMARTS) is 1. The van der Waals surface area contributed by atoms with Gasteiger partial charge in [-0.15, -0.1) is 0 Å². The largest absolute Gasteiger partial charge is 0.481 e. The minimum atomic E-state index is -1.39. The van der Waals surface area contributed by atoms with Gasteiger partial charge in [0.05, 0.1) is 11.8 Å². The van der Waals surface area contributed by atoms with Crippen molar-refractivity contribution in [1.82, 2.24) is 10.2 Å². The molecule has 8 heteroatoms. The van der Waals surface area contributed by atoms with Gasteiger partial charge >= 0.3 is 5.97 Å². The SMILES string of the molecule is Cc1ccc2c(c1)[C@@]1(N[C@H](CCC(=O)O)[C@H]3C(=O)N(CCc4ccccc4)C(=O)[C@@H]31)C(=O)N2. The summed E-state index contributed by atoms with van der Waals surface area (Å²) in [5.41, 5.74) is 1.80. The van der Waals surface area contributed by atoms with E-state index in [-0.39, 0.29) is 37.1 Å². The van der Waals surface area contributed by atoms with Crippen molar-refractivity contribution in [3.63, 3.8) is 0 Å². The number of carbonyl (C=O) groups excluding carboxylic acids is 3. The molecular weight excluding hydrogens is 422 g/mol. The van der Waals surface area contributed by atoms with Crippen LogP contribution in [0.4, 0.5) is 5.69 Å². The Morgan fingerprint density at radius 1 is 1.09 bits per heavy atom. The summed E-state index contributed by atoms with van der Waals surface area (Å²) in [7, 11) is 0. The van der Waals surface area contributed by atoms with Crippen LogP contribution in [-0.2, 0) is 31.1 Å². The van der Waals surface area contributed by atoms with E-state index in [2.05, 4.69) is 10.6 Å². The van der Waals surface area contributed by atoms with E-state index in [1.165, 1.54) is 4.90 Å². The Bertz CT molecular complexity index is 1160. The van der Waals surface area contributed by atoms with Gasteiger partial charge in [0.2, 0.25) is 17.7 Å². The summed E-state index contributed by atoms with van der Waals surface area (Å²) in [6.45, 7) is 2.12. The summed E-state index contributed by atoms with van der Waals surface area (Å²) < 4.78 is 0. The van der Waals surface area contributed by atoms with Crippen molar-refractivity contribution in [2.75, 3.05) is 11.9 Å². The van der Waals surface area contributed by atoms with Gasteiger partial charge in [-0.05, 0) is 31.4 Å². The summed E-state index contributed by atoms with van der Waals surface area (Å²) in [6.07, 6.45) is 0.503. The van der Waals surface area contributed by atoms with Crippen molar-refractivity contribution in [3.8, 4) is 0 Å². The van der Waals surface area contributed by atoms with Crippen LogP contribution in [0.25, 0.3) is 0 Å². The van der Waals surface area contributed by atoms with Crippen LogP contribution in [0, 0.1) is 18.8 Å². The van der Waals surface area contributed by atoms with Crippen LogP contribution in [0.5, 0.6) is 0 Å². The number of rotatable bonds is 6. The summed E-state index contributed by atoms with van der Waals surface area (Å²) in [6, 6.07) is 14.5. The number of aliphatic carboxylic acids is 1. The highest BCUT2D eigenvalue weighted by molar-refractivity contribution is 6.15. The lowest BCUT2D eigenvalue weighted by molar-refractivity contribution is -0.143. The minimum absolute atomic E-state index is 0.151. The molecular formula is C25H25N3O5. The number of nitrogens with zero attached hydrogens (tertiary/aromatic N) is 1. The molecule has 2 saturated heterocycles. The molecule has 3 N–H and O–H groups in total. The van der Waals surface area contributed by atoms with E-state index < -0.39 is 29.4 Å². The predicted octanol–water partition coefficient (Wildman–Crippen LogP) is 1.82. The van der Waals surface area contributed by atoms with E-state index in [1.807, 2.05) is 49.4 Å². The summed E-state index contributed by atoms with van der Waals surface area (Å²) in [5, 5.41) is 15.4. The molecule has 0 bridgehead atoms. The molecule has 3 heterocycles. The molecule has 0 aliphatic carbocycles. The molecule has 4 atom stereocenters. The smallest absolute Gasteiger partial charge is 0.303 e. The van der Waals surface area contributed by atoms with E-state index in [1.54, 1.807) is 6.07 Å². The average Bonchev–Trinajstić information content (AvgIpc) is 3.37. The minimum Gasteiger partial charge on any atom is -0.481 e. The topological polar surface area (TPSA) is 116 Å². The first-order valence-electron chi connectivity index (χ1n) is 11.1. The second-order valence-corrected chi connectivity index (χ2v) is 9.06. The Hall–Kier alpha value is -3.52. The number of nitrogens with one attached hydrogen (secondary N) is 2. The number of fused-ring (bicyclic) bond motifs is 4. The van der Waals surface area contributed by atoms with Gasteiger partial charge in [0, 0.05) is 30.3 Å². The van der Waals surface area contributed by atoms with E-state index in [4.69, 9.17) is 0 Å². The molecule has 1 spiro atoms. The third-order valence-electron chi connectivity index (χ3n) is 7.10. The Labute approximate surface area is 191 Å². The quantitative estimate of drug-likeness (QED) is 0.582. The molecule has 3 aliphatic rings. The molecule has 0 unspecified atom stereocenters. The number of hydrogen-bond acceptors (Lipinski definition) is 5. The zero-order valence-corrected chi connectivity index (χ0v) is 18.2. The maximum atomic E-state index is 13.7. The average molecular weight is 447 g/mol. The first-order valence-corrected chi connectivity index (χ1v) is 11.1. The summed E-state index contributed by atoms with van der Waals surface area (Å²) >= 11 is 0. The number of carboxylic acids is 1. The standard InChI is InChI=1S/C25H25N3O5/c1-14-7-8-17-16(13-14)25(24(33)26-17)21-20(18(27-25)9-10-19(29)30)22(31)28(23(21)32)12-11-15-5-3-2-4-6-15/h2-8,13,18,20-21,27H,9-12H2,1H3,(H,26,33)(H,29,30)/t18-,20-,21-,25+/m1/s1. The monoisotopic (exact) mass is 447 g/mol. The van der Waals surface area contributed by atoms with Crippen LogP contribution < -0.4 is 10.6 Å². The maximum absolute atomic E-state index is 13.7. The fourth-order valence-corrected chi connectivity index (χ4v) is 5.61. The molecule has 3 aliphatic heterocycles. The highest BCUT2D eigenvalue weighted by Gasteiger charge is 2.70. The first kappa shape index (κ1) is 21.3. The number of imide groups is 1. The molecule has 170 valence electrons. The molecule has 2 fully saturated rings. The predicted molar refractivity (Wildman–Crippen MR) is 119 cm³/mol. The number of aryl methyl sites for hydroxylation is 1. The lowest BCUT2D eigenvalue weighted by atomic mass is 9.76. The van der Waals surface area contributed by atoms with Gasteiger partial charge in [0.15, 0.2) is 0 Å². The van der Waals surface area contributed by atoms with E-state index in [0.717, 1.165) is 11.1 Å². The maximum Gasteiger partial charge on any atom is 0.303 e. The molecule has 2 aromatic rings. The van der Waals surface area contributed by atoms with E-state index in [9.17, 15) is 24.3 Å². The van der Waals surface area contributed by atoms with Crippen molar-refractivity contribution in [1.29, 1.82) is 0 Å². The number of likely N-dealkylation sites (tertiary alicyclic amines) is 1. The number of amides is 3. The van der Waals surface area contributed by atoms with Crippen molar-refractivity contribution < 1.29 is 24.3 Å². The van der Waals surface area contributed by atoms with E-state index in [0.29, 0.717) is 17.7 Å². The fourth-order valence-electron chi connectivity index (χ4n) is 5.61.